The van der Waals surface area contributed by atoms with Gasteiger partial charge in [0.05, 0.1) is 11.4 Å². The number of carbonyl (C=O) groups is 2. The van der Waals surface area contributed by atoms with E-state index in [4.69, 9.17) is 21.1 Å². The smallest absolute Gasteiger partial charge is 0.324 e. The summed E-state index contributed by atoms with van der Waals surface area (Å²) in [6, 6.07) is 11.9. The molecule has 8 nitrogen and oxygen atoms in total. The van der Waals surface area contributed by atoms with E-state index in [9.17, 15) is 18.0 Å². The van der Waals surface area contributed by atoms with Crippen molar-refractivity contribution >= 4 is 33.5 Å². The monoisotopic (exact) mass is 468 g/mol. The molecule has 2 aromatic rings. The minimum atomic E-state index is -3.89. The Kier molecular flexibility index (Phi) is 8.85. The number of hydrogen-bond donors (Lipinski definition) is 1. The molecule has 0 aromatic heterocycles. The Morgan fingerprint density at radius 3 is 2.32 bits per heavy atom. The largest absolute Gasteiger partial charge is 0.492 e. The van der Waals surface area contributed by atoms with Gasteiger partial charge in [0.25, 0.3) is 5.91 Å². The van der Waals surface area contributed by atoms with Crippen LogP contribution in [-0.4, -0.2) is 58.0 Å². The topological polar surface area (TPSA) is 102 Å². The van der Waals surface area contributed by atoms with E-state index in [0.29, 0.717) is 10.8 Å². The van der Waals surface area contributed by atoms with E-state index in [2.05, 4.69) is 4.72 Å². The van der Waals surface area contributed by atoms with Crippen molar-refractivity contribution in [2.24, 2.45) is 0 Å². The molecule has 1 N–H and O–H groups in total. The zero-order valence-corrected chi connectivity index (χ0v) is 19.1. The van der Waals surface area contributed by atoms with Crippen LogP contribution in [0.3, 0.4) is 0 Å². The third-order valence-electron chi connectivity index (χ3n) is 4.29. The van der Waals surface area contributed by atoms with Gasteiger partial charge in [-0.1, -0.05) is 29.3 Å². The summed E-state index contributed by atoms with van der Waals surface area (Å²) in [5, 5.41) is 0.594. The summed E-state index contributed by atoms with van der Waals surface area (Å²) >= 11 is 5.80. The fourth-order valence-electron chi connectivity index (χ4n) is 2.39. The molecule has 0 aliphatic rings. The summed E-state index contributed by atoms with van der Waals surface area (Å²) < 4.78 is 37.4. The van der Waals surface area contributed by atoms with E-state index in [1.54, 1.807) is 43.4 Å². The molecule has 10 heteroatoms. The molecular formula is C21H25ClN2O6S. The second kappa shape index (κ2) is 11.1. The summed E-state index contributed by atoms with van der Waals surface area (Å²) in [4.78, 5) is 25.6. The number of halogens is 1. The highest BCUT2D eigenvalue weighted by Gasteiger charge is 2.24. The number of nitrogens with zero attached hydrogens (tertiary/aromatic N) is 1. The molecule has 0 fully saturated rings. The summed E-state index contributed by atoms with van der Waals surface area (Å²) in [5.74, 6) is -0.678. The van der Waals surface area contributed by atoms with E-state index in [1.807, 2.05) is 6.92 Å². The number of nitrogens with one attached hydrogen (secondary N) is 1. The van der Waals surface area contributed by atoms with E-state index in [-0.39, 0.29) is 18.0 Å². The standard InChI is InChI=1S/C21H25ClN2O6S/c1-15-4-10-19(11-5-15)31(27,28)23-16(2)21(26)30-14-20(25)24(3)12-13-29-18-8-6-17(22)7-9-18/h4-11,16,23H,12-14H2,1-3H3/t16-/m0/s1. The van der Waals surface area contributed by atoms with Gasteiger partial charge in [0.2, 0.25) is 10.0 Å². The summed E-state index contributed by atoms with van der Waals surface area (Å²) in [5.41, 5.74) is 0.910. The minimum Gasteiger partial charge on any atom is -0.492 e. The fourth-order valence-corrected chi connectivity index (χ4v) is 3.71. The van der Waals surface area contributed by atoms with Crippen molar-refractivity contribution in [1.29, 1.82) is 0 Å². The maximum Gasteiger partial charge on any atom is 0.324 e. The predicted molar refractivity (Wildman–Crippen MR) is 117 cm³/mol. The van der Waals surface area contributed by atoms with Crippen molar-refractivity contribution in [3.63, 3.8) is 0 Å². The van der Waals surface area contributed by atoms with Crippen LogP contribution in [0.15, 0.2) is 53.4 Å². The Balaban J connectivity index is 1.76. The molecule has 0 unspecified atom stereocenters. The van der Waals surface area contributed by atoms with Crippen LogP contribution in [0.5, 0.6) is 5.75 Å². The van der Waals surface area contributed by atoms with E-state index in [1.165, 1.54) is 24.0 Å². The maximum atomic E-state index is 12.3. The van der Waals surface area contributed by atoms with E-state index in [0.717, 1.165) is 5.56 Å². The average Bonchev–Trinajstić information content (AvgIpc) is 2.73. The lowest BCUT2D eigenvalue weighted by Crippen LogP contribution is -2.41. The van der Waals surface area contributed by atoms with Crippen LogP contribution >= 0.6 is 11.6 Å². The number of hydrogen-bond acceptors (Lipinski definition) is 6. The highest BCUT2D eigenvalue weighted by molar-refractivity contribution is 7.89. The normalized spacial score (nSPS) is 12.1. The Labute approximate surface area is 187 Å². The van der Waals surface area contributed by atoms with Crippen LogP contribution in [0.25, 0.3) is 0 Å². The highest BCUT2D eigenvalue weighted by atomic mass is 35.5. The van der Waals surface area contributed by atoms with Gasteiger partial charge in [-0.15, -0.1) is 0 Å². The van der Waals surface area contributed by atoms with Crippen molar-refractivity contribution in [3.8, 4) is 5.75 Å². The number of likely N-dealkylation sites (N-methyl/N-ethyl adjacent to an activating group) is 1. The Morgan fingerprint density at radius 1 is 1.10 bits per heavy atom. The molecule has 0 radical (unpaired) electrons. The molecule has 0 saturated heterocycles. The molecule has 2 rings (SSSR count). The molecule has 0 saturated carbocycles. The van der Waals surface area contributed by atoms with E-state index < -0.39 is 34.5 Å². The van der Waals surface area contributed by atoms with E-state index >= 15 is 0 Å². The number of rotatable bonds is 10. The first-order valence-electron chi connectivity index (χ1n) is 9.46. The molecule has 31 heavy (non-hydrogen) atoms. The average molecular weight is 469 g/mol. The number of sulfonamides is 1. The molecule has 1 amide bonds. The first-order valence-corrected chi connectivity index (χ1v) is 11.3. The van der Waals surface area contributed by atoms with Gasteiger partial charge in [0, 0.05) is 12.1 Å². The van der Waals surface area contributed by atoms with Crippen molar-refractivity contribution in [1.82, 2.24) is 9.62 Å². The Morgan fingerprint density at radius 2 is 1.71 bits per heavy atom. The number of ether oxygens (including phenoxy) is 2. The number of amides is 1. The third kappa shape index (κ3) is 7.86. The summed E-state index contributed by atoms with van der Waals surface area (Å²) in [6.45, 7) is 3.19. The quantitative estimate of drug-likeness (QED) is 0.537. The first-order chi connectivity index (χ1) is 14.6. The highest BCUT2D eigenvalue weighted by Crippen LogP contribution is 2.15. The molecule has 0 aliphatic carbocycles. The molecule has 0 bridgehead atoms. The molecule has 0 aliphatic heterocycles. The lowest BCUT2D eigenvalue weighted by Gasteiger charge is -2.18. The molecule has 0 heterocycles. The number of benzene rings is 2. The second-order valence-corrected chi connectivity index (χ2v) is 9.03. The number of carbonyl (C=O) groups excluding carboxylic acids is 2. The summed E-state index contributed by atoms with van der Waals surface area (Å²) in [6.07, 6.45) is 0. The molecule has 168 valence electrons. The van der Waals surface area contributed by atoms with Crippen LogP contribution in [0.1, 0.15) is 12.5 Å². The van der Waals surface area contributed by atoms with Gasteiger partial charge in [-0.05, 0) is 50.2 Å². The van der Waals surface area contributed by atoms with Gasteiger partial charge in [-0.3, -0.25) is 9.59 Å². The minimum absolute atomic E-state index is 0.0363. The van der Waals surface area contributed by atoms with Crippen molar-refractivity contribution in [2.75, 3.05) is 26.8 Å². The van der Waals surface area contributed by atoms with Crippen LogP contribution < -0.4 is 9.46 Å². The van der Waals surface area contributed by atoms with Crippen LogP contribution in [0, 0.1) is 6.92 Å². The molecule has 0 spiro atoms. The Hall–Kier alpha value is -2.62. The van der Waals surface area contributed by atoms with Crippen molar-refractivity contribution in [2.45, 2.75) is 24.8 Å². The van der Waals surface area contributed by atoms with Crippen LogP contribution in [-0.2, 0) is 24.3 Å². The molecule has 2 aromatic carbocycles. The van der Waals surface area contributed by atoms with Gasteiger partial charge < -0.3 is 14.4 Å². The van der Waals surface area contributed by atoms with Gasteiger partial charge in [0.1, 0.15) is 18.4 Å². The summed E-state index contributed by atoms with van der Waals surface area (Å²) in [7, 11) is -2.34. The Bertz CT molecular complexity index is 994. The van der Waals surface area contributed by atoms with Gasteiger partial charge in [-0.25, -0.2) is 8.42 Å². The fraction of sp³-hybridized carbons (Fsp3) is 0.333. The number of esters is 1. The molecule has 1 atom stereocenters. The van der Waals surface area contributed by atoms with Crippen molar-refractivity contribution < 1.29 is 27.5 Å². The zero-order valence-electron chi connectivity index (χ0n) is 17.5. The van der Waals surface area contributed by atoms with Gasteiger partial charge >= 0.3 is 5.97 Å². The van der Waals surface area contributed by atoms with Crippen molar-refractivity contribution in [3.05, 3.63) is 59.1 Å². The zero-order chi connectivity index (χ0) is 23.0. The number of aryl methyl sites for hydroxylation is 1. The third-order valence-corrected chi connectivity index (χ3v) is 6.10. The maximum absolute atomic E-state index is 12.3. The molecular weight excluding hydrogens is 444 g/mol. The van der Waals surface area contributed by atoms with Crippen LogP contribution in [0.4, 0.5) is 0 Å². The van der Waals surface area contributed by atoms with Gasteiger partial charge in [0.15, 0.2) is 6.61 Å². The second-order valence-electron chi connectivity index (χ2n) is 6.88. The lowest BCUT2D eigenvalue weighted by molar-refractivity contribution is -0.152. The van der Waals surface area contributed by atoms with Gasteiger partial charge in [-0.2, -0.15) is 4.72 Å². The predicted octanol–water partition coefficient (Wildman–Crippen LogP) is 2.40. The lowest BCUT2D eigenvalue weighted by atomic mass is 10.2. The first kappa shape index (κ1) is 24.6. The van der Waals surface area contributed by atoms with Crippen LogP contribution in [0.2, 0.25) is 5.02 Å². The SMILES string of the molecule is Cc1ccc(S(=O)(=O)N[C@@H](C)C(=O)OCC(=O)N(C)CCOc2ccc(Cl)cc2)cc1.